The molecule has 0 radical (unpaired) electrons. The molecule has 2 aromatic rings. The molecule has 2 heterocycles. The molecule has 3 rings (SSSR count). The molecular formula is C16H17ClN2O2S. The number of halogens is 1. The van der Waals surface area contributed by atoms with Crippen LogP contribution in [-0.2, 0) is 11.3 Å². The van der Waals surface area contributed by atoms with Crippen molar-refractivity contribution in [2.45, 2.75) is 19.9 Å². The Labute approximate surface area is 138 Å². The number of benzene rings is 1. The third-order valence-corrected chi connectivity index (χ3v) is 5.29. The van der Waals surface area contributed by atoms with E-state index in [2.05, 4.69) is 9.88 Å². The fourth-order valence-electron chi connectivity index (χ4n) is 2.70. The molecule has 1 aliphatic heterocycles. The highest BCUT2D eigenvalue weighted by molar-refractivity contribution is 7.13. The number of hydrogen-bond donors (Lipinski definition) is 1. The van der Waals surface area contributed by atoms with Gasteiger partial charge in [0.15, 0.2) is 0 Å². The summed E-state index contributed by atoms with van der Waals surface area (Å²) in [5.41, 5.74) is 1.41. The Morgan fingerprint density at radius 1 is 1.45 bits per heavy atom. The van der Waals surface area contributed by atoms with E-state index >= 15 is 0 Å². The van der Waals surface area contributed by atoms with Gasteiger partial charge in [-0.3, -0.25) is 9.69 Å². The lowest BCUT2D eigenvalue weighted by molar-refractivity contribution is -0.147. The summed E-state index contributed by atoms with van der Waals surface area (Å²) in [6.45, 7) is 3.90. The molecule has 0 saturated carbocycles. The van der Waals surface area contributed by atoms with Crippen molar-refractivity contribution in [1.29, 1.82) is 0 Å². The van der Waals surface area contributed by atoms with E-state index in [1.54, 1.807) is 11.3 Å². The van der Waals surface area contributed by atoms with E-state index in [0.717, 1.165) is 22.8 Å². The Kier molecular flexibility index (Phi) is 4.21. The molecule has 1 atom stereocenters. The predicted octanol–water partition coefficient (Wildman–Crippen LogP) is 3.76. The first kappa shape index (κ1) is 15.5. The number of carboxylic acid groups (broad SMARTS) is 1. The van der Waals surface area contributed by atoms with Crippen LogP contribution in [0.2, 0.25) is 5.02 Å². The van der Waals surface area contributed by atoms with Crippen molar-refractivity contribution in [1.82, 2.24) is 9.88 Å². The summed E-state index contributed by atoms with van der Waals surface area (Å²) in [6.07, 6.45) is 0.691. The molecule has 116 valence electrons. The van der Waals surface area contributed by atoms with Crippen LogP contribution in [0.1, 0.15) is 19.0 Å². The molecular weight excluding hydrogens is 320 g/mol. The lowest BCUT2D eigenvalue weighted by Crippen LogP contribution is -2.31. The number of hydrogen-bond acceptors (Lipinski definition) is 4. The van der Waals surface area contributed by atoms with Crippen LogP contribution in [0.5, 0.6) is 0 Å². The largest absolute Gasteiger partial charge is 0.481 e. The molecule has 1 aromatic heterocycles. The van der Waals surface area contributed by atoms with Crippen molar-refractivity contribution in [3.63, 3.8) is 0 Å². The van der Waals surface area contributed by atoms with Crippen molar-refractivity contribution >= 4 is 28.9 Å². The van der Waals surface area contributed by atoms with Gasteiger partial charge < -0.3 is 5.11 Å². The zero-order chi connectivity index (χ0) is 15.7. The quantitative estimate of drug-likeness (QED) is 0.923. The Hall–Kier alpha value is -1.43. The molecule has 1 fully saturated rings. The first-order valence-corrected chi connectivity index (χ1v) is 8.38. The monoisotopic (exact) mass is 336 g/mol. The molecule has 1 saturated heterocycles. The van der Waals surface area contributed by atoms with E-state index in [0.29, 0.717) is 24.5 Å². The van der Waals surface area contributed by atoms with E-state index in [4.69, 9.17) is 11.6 Å². The Morgan fingerprint density at radius 2 is 2.18 bits per heavy atom. The number of aromatic nitrogens is 1. The van der Waals surface area contributed by atoms with Crippen LogP contribution in [0.3, 0.4) is 0 Å². The predicted molar refractivity (Wildman–Crippen MR) is 88.2 cm³/mol. The van der Waals surface area contributed by atoms with Crippen LogP contribution in [0, 0.1) is 5.41 Å². The number of carboxylic acids is 1. The lowest BCUT2D eigenvalue weighted by Gasteiger charge is -2.19. The SMILES string of the molecule is CC1(C(=O)O)CCN(Cc2csc(-c3ccc(Cl)cc3)n2)C1. The van der Waals surface area contributed by atoms with Gasteiger partial charge in [0.1, 0.15) is 5.01 Å². The van der Waals surface area contributed by atoms with Crippen molar-refractivity contribution < 1.29 is 9.90 Å². The molecule has 6 heteroatoms. The summed E-state index contributed by atoms with van der Waals surface area (Å²) >= 11 is 7.50. The average molecular weight is 337 g/mol. The normalized spacial score (nSPS) is 22.1. The second-order valence-electron chi connectivity index (χ2n) is 5.98. The molecule has 0 bridgehead atoms. The molecule has 1 unspecified atom stereocenters. The van der Waals surface area contributed by atoms with E-state index < -0.39 is 11.4 Å². The summed E-state index contributed by atoms with van der Waals surface area (Å²) in [5.74, 6) is -0.713. The molecule has 0 spiro atoms. The zero-order valence-corrected chi connectivity index (χ0v) is 13.8. The fourth-order valence-corrected chi connectivity index (χ4v) is 3.64. The maximum Gasteiger partial charge on any atom is 0.310 e. The minimum Gasteiger partial charge on any atom is -0.481 e. The minimum atomic E-state index is -0.713. The van der Waals surface area contributed by atoms with Crippen molar-refractivity contribution in [3.8, 4) is 10.6 Å². The van der Waals surface area contributed by atoms with Gasteiger partial charge in [-0.25, -0.2) is 4.98 Å². The fraction of sp³-hybridized carbons (Fsp3) is 0.375. The number of thiazole rings is 1. The summed E-state index contributed by atoms with van der Waals surface area (Å²) in [7, 11) is 0. The Morgan fingerprint density at radius 3 is 2.82 bits per heavy atom. The summed E-state index contributed by atoms with van der Waals surface area (Å²) in [4.78, 5) is 18.1. The van der Waals surface area contributed by atoms with Crippen LogP contribution in [0.4, 0.5) is 0 Å². The summed E-state index contributed by atoms with van der Waals surface area (Å²) in [6, 6.07) is 7.64. The number of rotatable bonds is 4. The lowest BCUT2D eigenvalue weighted by atomic mass is 9.90. The van der Waals surface area contributed by atoms with Gasteiger partial charge in [-0.05, 0) is 32.0 Å². The first-order valence-electron chi connectivity index (χ1n) is 7.12. The molecule has 1 aromatic carbocycles. The maximum atomic E-state index is 11.3. The van der Waals surface area contributed by atoms with E-state index in [-0.39, 0.29) is 0 Å². The van der Waals surface area contributed by atoms with Gasteiger partial charge >= 0.3 is 5.97 Å². The maximum absolute atomic E-state index is 11.3. The molecule has 0 aliphatic carbocycles. The highest BCUT2D eigenvalue weighted by atomic mass is 35.5. The van der Waals surface area contributed by atoms with Gasteiger partial charge in [0.25, 0.3) is 0 Å². The second-order valence-corrected chi connectivity index (χ2v) is 7.27. The van der Waals surface area contributed by atoms with E-state index in [9.17, 15) is 9.90 Å². The standard InChI is InChI=1S/C16H17ClN2O2S/c1-16(15(20)21)6-7-19(10-16)8-13-9-22-14(18-13)11-2-4-12(17)5-3-11/h2-5,9H,6-8,10H2,1H3,(H,20,21). The van der Waals surface area contributed by atoms with Crippen LogP contribution >= 0.6 is 22.9 Å². The van der Waals surface area contributed by atoms with E-state index in [1.807, 2.05) is 36.6 Å². The number of aliphatic carboxylic acids is 1. The van der Waals surface area contributed by atoms with Crippen LogP contribution in [0.15, 0.2) is 29.6 Å². The van der Waals surface area contributed by atoms with Gasteiger partial charge in [0, 0.05) is 29.1 Å². The van der Waals surface area contributed by atoms with Crippen molar-refractivity contribution in [2.24, 2.45) is 5.41 Å². The number of nitrogens with zero attached hydrogens (tertiary/aromatic N) is 2. The number of likely N-dealkylation sites (tertiary alicyclic amines) is 1. The molecule has 4 nitrogen and oxygen atoms in total. The minimum absolute atomic E-state index is 0.580. The average Bonchev–Trinajstić information content (AvgIpc) is 3.08. The van der Waals surface area contributed by atoms with Crippen LogP contribution in [-0.4, -0.2) is 34.0 Å². The molecule has 0 amide bonds. The summed E-state index contributed by atoms with van der Waals surface area (Å²) < 4.78 is 0. The Bertz CT molecular complexity index is 686. The topological polar surface area (TPSA) is 53.4 Å². The third-order valence-electron chi connectivity index (χ3n) is 4.10. The summed E-state index contributed by atoms with van der Waals surface area (Å²) in [5, 5.41) is 13.0. The molecule has 1 aliphatic rings. The van der Waals surface area contributed by atoms with Crippen molar-refractivity contribution in [2.75, 3.05) is 13.1 Å². The second kappa shape index (κ2) is 5.99. The zero-order valence-electron chi connectivity index (χ0n) is 12.3. The van der Waals surface area contributed by atoms with Gasteiger partial charge in [0.05, 0.1) is 11.1 Å². The van der Waals surface area contributed by atoms with Gasteiger partial charge in [-0.2, -0.15) is 0 Å². The Balaban J connectivity index is 1.68. The molecule has 1 N–H and O–H groups in total. The van der Waals surface area contributed by atoms with Crippen molar-refractivity contribution in [3.05, 3.63) is 40.4 Å². The smallest absolute Gasteiger partial charge is 0.310 e. The van der Waals surface area contributed by atoms with Crippen LogP contribution < -0.4 is 0 Å². The number of carbonyl (C=O) groups is 1. The first-order chi connectivity index (χ1) is 10.5. The third kappa shape index (κ3) is 3.16. The molecule has 22 heavy (non-hydrogen) atoms. The highest BCUT2D eigenvalue weighted by Crippen LogP contribution is 2.32. The van der Waals surface area contributed by atoms with Gasteiger partial charge in [-0.15, -0.1) is 11.3 Å². The van der Waals surface area contributed by atoms with Gasteiger partial charge in [-0.1, -0.05) is 23.7 Å². The van der Waals surface area contributed by atoms with Gasteiger partial charge in [0.2, 0.25) is 0 Å². The van der Waals surface area contributed by atoms with E-state index in [1.165, 1.54) is 0 Å². The van der Waals surface area contributed by atoms with Crippen LogP contribution in [0.25, 0.3) is 10.6 Å². The highest BCUT2D eigenvalue weighted by Gasteiger charge is 2.40.